The molecule has 0 aromatic carbocycles. The molecule has 6 nitrogen and oxygen atoms in total. The van der Waals surface area contributed by atoms with Crippen LogP contribution in [0.3, 0.4) is 0 Å². The monoisotopic (exact) mass is 905 g/mol. The Morgan fingerprint density at radius 1 is 0.323 bits per heavy atom. The summed E-state index contributed by atoms with van der Waals surface area (Å²) in [7, 11) is 0. The maximum atomic E-state index is 12.8. The second-order valence-electron chi connectivity index (χ2n) is 17.8. The topological polar surface area (TPSA) is 78.9 Å². The van der Waals surface area contributed by atoms with Crippen LogP contribution in [-0.4, -0.2) is 37.2 Å². The highest BCUT2D eigenvalue weighted by Gasteiger charge is 2.19. The quantitative estimate of drug-likeness (QED) is 0.0262. The number of ether oxygens (including phenoxy) is 3. The molecule has 0 heterocycles. The van der Waals surface area contributed by atoms with Crippen LogP contribution in [0.1, 0.15) is 252 Å². The van der Waals surface area contributed by atoms with E-state index in [1.54, 1.807) is 0 Å². The second-order valence-corrected chi connectivity index (χ2v) is 17.8. The molecule has 0 aliphatic carbocycles. The molecule has 0 rings (SSSR count). The highest BCUT2D eigenvalue weighted by Crippen LogP contribution is 2.14. The molecule has 0 bridgehead atoms. The average Bonchev–Trinajstić information content (AvgIpc) is 3.30. The summed E-state index contributed by atoms with van der Waals surface area (Å²) in [6, 6.07) is 0. The smallest absolute Gasteiger partial charge is 0.306 e. The maximum Gasteiger partial charge on any atom is 0.306 e. The molecule has 0 fully saturated rings. The molecule has 0 saturated heterocycles. The summed E-state index contributed by atoms with van der Waals surface area (Å²) < 4.78 is 16.7. The summed E-state index contributed by atoms with van der Waals surface area (Å²) in [5, 5.41) is 0. The number of carbonyl (C=O) groups excluding carboxylic acids is 3. The molecule has 1 atom stereocenters. The minimum absolute atomic E-state index is 0.0868. The van der Waals surface area contributed by atoms with Gasteiger partial charge in [-0.05, 0) is 96.3 Å². The van der Waals surface area contributed by atoms with Gasteiger partial charge < -0.3 is 14.2 Å². The van der Waals surface area contributed by atoms with Crippen LogP contribution in [0.2, 0.25) is 0 Å². The van der Waals surface area contributed by atoms with Crippen molar-refractivity contribution in [2.45, 2.75) is 258 Å². The first-order valence-corrected chi connectivity index (χ1v) is 27.1. The van der Waals surface area contributed by atoms with Crippen LogP contribution < -0.4 is 0 Å². The van der Waals surface area contributed by atoms with Crippen molar-refractivity contribution in [1.29, 1.82) is 0 Å². The van der Waals surface area contributed by atoms with Crippen molar-refractivity contribution in [3.05, 3.63) is 85.1 Å². The molecule has 0 radical (unpaired) electrons. The van der Waals surface area contributed by atoms with Crippen LogP contribution >= 0.6 is 0 Å². The third-order valence-corrected chi connectivity index (χ3v) is 11.4. The van der Waals surface area contributed by atoms with Crippen molar-refractivity contribution in [1.82, 2.24) is 0 Å². The molecule has 65 heavy (non-hydrogen) atoms. The predicted molar refractivity (Wildman–Crippen MR) is 279 cm³/mol. The zero-order valence-corrected chi connectivity index (χ0v) is 42.5. The van der Waals surface area contributed by atoms with E-state index in [0.29, 0.717) is 19.3 Å². The van der Waals surface area contributed by atoms with Gasteiger partial charge >= 0.3 is 17.9 Å². The van der Waals surface area contributed by atoms with Gasteiger partial charge in [0.2, 0.25) is 0 Å². The van der Waals surface area contributed by atoms with Crippen molar-refractivity contribution in [2.75, 3.05) is 13.2 Å². The van der Waals surface area contributed by atoms with Crippen LogP contribution in [0.4, 0.5) is 0 Å². The summed E-state index contributed by atoms with van der Waals surface area (Å²) in [5.41, 5.74) is 0. The molecule has 0 aromatic heterocycles. The van der Waals surface area contributed by atoms with E-state index in [1.165, 1.54) is 96.3 Å². The summed E-state index contributed by atoms with van der Waals surface area (Å²) in [5.74, 6) is -0.920. The van der Waals surface area contributed by atoms with Crippen LogP contribution in [0.5, 0.6) is 0 Å². The summed E-state index contributed by atoms with van der Waals surface area (Å²) in [4.78, 5) is 37.9. The van der Waals surface area contributed by atoms with Crippen LogP contribution in [0, 0.1) is 0 Å². The van der Waals surface area contributed by atoms with E-state index in [2.05, 4.69) is 106 Å². The van der Waals surface area contributed by atoms with Crippen molar-refractivity contribution < 1.29 is 28.6 Å². The largest absolute Gasteiger partial charge is 0.462 e. The lowest BCUT2D eigenvalue weighted by molar-refractivity contribution is -0.167. The Bertz CT molecular complexity index is 1270. The normalized spacial score (nSPS) is 12.7. The molecule has 0 aromatic rings. The lowest BCUT2D eigenvalue weighted by Gasteiger charge is -2.18. The molecule has 0 spiro atoms. The molecular formula is C59H100O6. The minimum Gasteiger partial charge on any atom is -0.462 e. The standard InChI is InChI=1S/C59H100O6/c1-4-7-10-13-16-18-20-22-24-26-28-29-31-32-34-36-38-40-43-46-49-52-58(61)64-55-56(54-63-57(60)51-48-45-42-15-12-9-6-3)65-59(62)53-50-47-44-41-39-37-35-33-30-27-25-23-21-19-17-14-11-8-5-2/h8,11,17,19-20,22-23,25-26,28,30-33,56H,4-7,9-10,12-16,18,21,24,27,29,34-55H2,1-3H3/b11-8-,19-17-,22-20-,25-23-,28-26-,32-31-,33-30-. The number of hydrogen-bond donors (Lipinski definition) is 0. The third-order valence-electron chi connectivity index (χ3n) is 11.4. The Morgan fingerprint density at radius 3 is 0.938 bits per heavy atom. The van der Waals surface area contributed by atoms with Gasteiger partial charge in [0.1, 0.15) is 13.2 Å². The van der Waals surface area contributed by atoms with Gasteiger partial charge in [-0.25, -0.2) is 0 Å². The molecule has 0 saturated carbocycles. The SMILES string of the molecule is CC/C=C\C/C=C\C/C=C\C/C=C\CCCCCCCCC(=O)OC(COC(=O)CCCCCCCCC)COC(=O)CCCCCCCC/C=C\C/C=C\C/C=C\CCCCCCC. The van der Waals surface area contributed by atoms with Crippen molar-refractivity contribution in [3.63, 3.8) is 0 Å². The Kier molecular flexibility index (Phi) is 50.4. The van der Waals surface area contributed by atoms with Gasteiger partial charge in [-0.3, -0.25) is 14.4 Å². The number of allylic oxidation sites excluding steroid dienone is 14. The van der Waals surface area contributed by atoms with E-state index >= 15 is 0 Å². The summed E-state index contributed by atoms with van der Waals surface area (Å²) in [6.07, 6.45) is 68.7. The molecular weight excluding hydrogens is 805 g/mol. The average molecular weight is 905 g/mol. The molecule has 1 unspecified atom stereocenters. The maximum absolute atomic E-state index is 12.8. The fraction of sp³-hybridized carbons (Fsp3) is 0.712. The lowest BCUT2D eigenvalue weighted by Crippen LogP contribution is -2.30. The molecule has 0 aliphatic heterocycles. The Balaban J connectivity index is 4.29. The molecule has 0 N–H and O–H groups in total. The van der Waals surface area contributed by atoms with Crippen molar-refractivity contribution >= 4 is 17.9 Å². The van der Waals surface area contributed by atoms with Gasteiger partial charge in [-0.2, -0.15) is 0 Å². The predicted octanol–water partition coefficient (Wildman–Crippen LogP) is 18.0. The number of carbonyl (C=O) groups is 3. The minimum atomic E-state index is -0.787. The van der Waals surface area contributed by atoms with E-state index in [1.807, 2.05) is 0 Å². The zero-order chi connectivity index (χ0) is 47.2. The first kappa shape index (κ1) is 61.6. The second kappa shape index (κ2) is 53.2. The fourth-order valence-corrected chi connectivity index (χ4v) is 7.32. The molecule has 0 aliphatic rings. The van der Waals surface area contributed by atoms with Crippen LogP contribution in [-0.2, 0) is 28.6 Å². The van der Waals surface area contributed by atoms with E-state index < -0.39 is 6.10 Å². The van der Waals surface area contributed by atoms with Crippen LogP contribution in [0.25, 0.3) is 0 Å². The number of rotatable bonds is 48. The van der Waals surface area contributed by atoms with Crippen molar-refractivity contribution in [2.24, 2.45) is 0 Å². The Morgan fingerprint density at radius 2 is 0.600 bits per heavy atom. The highest BCUT2D eigenvalue weighted by atomic mass is 16.6. The lowest BCUT2D eigenvalue weighted by atomic mass is 10.1. The van der Waals surface area contributed by atoms with Gasteiger partial charge in [0, 0.05) is 19.3 Å². The molecule has 0 amide bonds. The molecule has 372 valence electrons. The van der Waals surface area contributed by atoms with E-state index in [9.17, 15) is 14.4 Å². The highest BCUT2D eigenvalue weighted by molar-refractivity contribution is 5.71. The summed E-state index contributed by atoms with van der Waals surface area (Å²) >= 11 is 0. The Hall–Kier alpha value is -3.41. The van der Waals surface area contributed by atoms with Gasteiger partial charge in [0.25, 0.3) is 0 Å². The number of esters is 3. The summed E-state index contributed by atoms with van der Waals surface area (Å²) in [6.45, 7) is 6.45. The third kappa shape index (κ3) is 51.4. The van der Waals surface area contributed by atoms with E-state index in [0.717, 1.165) is 116 Å². The van der Waals surface area contributed by atoms with Gasteiger partial charge in [0.15, 0.2) is 6.10 Å². The first-order chi connectivity index (χ1) is 32.0. The van der Waals surface area contributed by atoms with Gasteiger partial charge in [-0.1, -0.05) is 221 Å². The van der Waals surface area contributed by atoms with Gasteiger partial charge in [-0.15, -0.1) is 0 Å². The van der Waals surface area contributed by atoms with Gasteiger partial charge in [0.05, 0.1) is 0 Å². The first-order valence-electron chi connectivity index (χ1n) is 27.1. The zero-order valence-electron chi connectivity index (χ0n) is 42.5. The fourth-order valence-electron chi connectivity index (χ4n) is 7.32. The molecule has 6 heteroatoms. The Labute approximate surface area is 401 Å². The number of hydrogen-bond acceptors (Lipinski definition) is 6. The van der Waals surface area contributed by atoms with E-state index in [4.69, 9.17) is 14.2 Å². The van der Waals surface area contributed by atoms with E-state index in [-0.39, 0.29) is 31.1 Å². The number of unbranched alkanes of at least 4 members (excludes halogenated alkanes) is 23. The van der Waals surface area contributed by atoms with Crippen molar-refractivity contribution in [3.8, 4) is 0 Å². The van der Waals surface area contributed by atoms with Crippen LogP contribution in [0.15, 0.2) is 85.1 Å².